The van der Waals surface area contributed by atoms with Crippen LogP contribution in [0.2, 0.25) is 0 Å². The van der Waals surface area contributed by atoms with Gasteiger partial charge in [0.05, 0.1) is 4.92 Å². The number of nitro groups is 1. The molecule has 0 aliphatic rings. The van der Waals surface area contributed by atoms with Gasteiger partial charge in [-0.25, -0.2) is 0 Å². The zero-order chi connectivity index (χ0) is 8.97. The third-order valence-corrected chi connectivity index (χ3v) is 1.96. The molecule has 12 heavy (non-hydrogen) atoms. The topological polar surface area (TPSA) is 43.1 Å². The summed E-state index contributed by atoms with van der Waals surface area (Å²) in [6.45, 7) is 0. The summed E-state index contributed by atoms with van der Waals surface area (Å²) in [6, 6.07) is 6.70. The number of thioether (sulfide) groups is 1. The fourth-order valence-electron chi connectivity index (χ4n) is 0.921. The zero-order valence-corrected chi connectivity index (χ0v) is 7.21. The number of nitrogens with zero attached hydrogens (tertiary/aromatic N) is 1. The molecule has 3 nitrogen and oxygen atoms in total. The molecule has 0 bridgehead atoms. The predicted molar refractivity (Wildman–Crippen MR) is 49.7 cm³/mol. The number of para-hydroxylation sites is 1. The summed E-state index contributed by atoms with van der Waals surface area (Å²) in [5, 5.41) is 10.5. The first-order valence-corrected chi connectivity index (χ1v) is 4.50. The molecule has 1 aromatic rings. The van der Waals surface area contributed by atoms with Crippen molar-refractivity contribution in [3.63, 3.8) is 0 Å². The van der Waals surface area contributed by atoms with E-state index in [1.165, 1.54) is 17.8 Å². The molecule has 1 rings (SSSR count). The fraction of sp³-hybridized carbons (Fsp3) is 0.125. The van der Waals surface area contributed by atoms with Crippen molar-refractivity contribution in [3.8, 4) is 0 Å². The average molecular weight is 182 g/mol. The number of hydrogen-bond donors (Lipinski definition) is 0. The zero-order valence-electron chi connectivity index (χ0n) is 6.40. The molecule has 1 radical (unpaired) electrons. The van der Waals surface area contributed by atoms with Gasteiger partial charge in [0.2, 0.25) is 0 Å². The van der Waals surface area contributed by atoms with Crippen LogP contribution in [0.4, 0.5) is 5.69 Å². The molecule has 4 heteroatoms. The van der Waals surface area contributed by atoms with E-state index in [4.69, 9.17) is 0 Å². The van der Waals surface area contributed by atoms with Crippen LogP contribution in [0, 0.1) is 16.4 Å². The first-order chi connectivity index (χ1) is 5.75. The minimum atomic E-state index is -0.369. The van der Waals surface area contributed by atoms with E-state index in [-0.39, 0.29) is 10.6 Å². The van der Waals surface area contributed by atoms with E-state index >= 15 is 0 Å². The van der Waals surface area contributed by atoms with Gasteiger partial charge in [0, 0.05) is 23.6 Å². The highest BCUT2D eigenvalue weighted by atomic mass is 32.2. The molecule has 0 N–H and O–H groups in total. The lowest BCUT2D eigenvalue weighted by atomic mass is 10.2. The largest absolute Gasteiger partial charge is 0.273 e. The molecule has 0 fully saturated rings. The molecule has 0 unspecified atom stereocenters. The molecule has 1 aromatic carbocycles. The second-order valence-electron chi connectivity index (χ2n) is 2.23. The van der Waals surface area contributed by atoms with E-state index in [2.05, 4.69) is 6.26 Å². The van der Waals surface area contributed by atoms with Gasteiger partial charge in [-0.3, -0.25) is 10.1 Å². The predicted octanol–water partition coefficient (Wildman–Crippen LogP) is 2.62. The van der Waals surface area contributed by atoms with Crippen LogP contribution in [0.25, 0.3) is 0 Å². The van der Waals surface area contributed by atoms with Crippen LogP contribution in [0.3, 0.4) is 0 Å². The van der Waals surface area contributed by atoms with Gasteiger partial charge in [-0.15, -0.1) is 0 Å². The van der Waals surface area contributed by atoms with E-state index in [1.807, 2.05) is 0 Å². The summed E-state index contributed by atoms with van der Waals surface area (Å²) in [5.41, 5.74) is 0.899. The molecule has 0 aliphatic heterocycles. The van der Waals surface area contributed by atoms with Crippen molar-refractivity contribution in [1.82, 2.24) is 0 Å². The van der Waals surface area contributed by atoms with Crippen molar-refractivity contribution in [1.29, 1.82) is 0 Å². The SMILES string of the molecule is [CH2]SCc1ccccc1[N+](=O)[O-]. The van der Waals surface area contributed by atoms with Crippen LogP contribution in [-0.4, -0.2) is 4.92 Å². The van der Waals surface area contributed by atoms with Crippen molar-refractivity contribution in [2.75, 3.05) is 0 Å². The lowest BCUT2D eigenvalue weighted by Gasteiger charge is -1.98. The molecular formula is C8H8NO2S. The van der Waals surface area contributed by atoms with E-state index < -0.39 is 0 Å². The lowest BCUT2D eigenvalue weighted by Crippen LogP contribution is -1.92. The van der Waals surface area contributed by atoms with Crippen LogP contribution in [-0.2, 0) is 5.75 Å². The quantitative estimate of drug-likeness (QED) is 0.533. The van der Waals surface area contributed by atoms with Gasteiger partial charge in [0.25, 0.3) is 5.69 Å². The normalized spacial score (nSPS) is 9.75. The number of nitro benzene ring substituents is 1. The monoisotopic (exact) mass is 182 g/mol. The second kappa shape index (κ2) is 4.11. The van der Waals surface area contributed by atoms with Crippen LogP contribution < -0.4 is 0 Å². The molecule has 0 spiro atoms. The van der Waals surface area contributed by atoms with Crippen molar-refractivity contribution in [3.05, 3.63) is 46.2 Å². The van der Waals surface area contributed by atoms with Crippen LogP contribution in [0.1, 0.15) is 5.56 Å². The molecule has 0 saturated carbocycles. The first kappa shape index (κ1) is 9.06. The van der Waals surface area contributed by atoms with Gasteiger partial charge in [-0.1, -0.05) is 18.2 Å². The van der Waals surface area contributed by atoms with E-state index in [0.29, 0.717) is 5.75 Å². The first-order valence-electron chi connectivity index (χ1n) is 3.35. The molecule has 0 saturated heterocycles. The Morgan fingerprint density at radius 3 is 2.75 bits per heavy atom. The van der Waals surface area contributed by atoms with Gasteiger partial charge in [0.15, 0.2) is 0 Å². The maximum absolute atomic E-state index is 10.5. The summed E-state index contributed by atoms with van der Waals surface area (Å²) in [4.78, 5) is 10.1. The average Bonchev–Trinajstić information content (AvgIpc) is 2.05. The Morgan fingerprint density at radius 2 is 2.17 bits per heavy atom. The minimum Gasteiger partial charge on any atom is -0.258 e. The maximum Gasteiger partial charge on any atom is 0.273 e. The van der Waals surface area contributed by atoms with E-state index in [9.17, 15) is 10.1 Å². The fourth-order valence-corrected chi connectivity index (χ4v) is 1.38. The summed E-state index contributed by atoms with van der Waals surface area (Å²) < 4.78 is 0. The van der Waals surface area contributed by atoms with Crippen LogP contribution >= 0.6 is 11.8 Å². The van der Waals surface area contributed by atoms with Crippen LogP contribution in [0.15, 0.2) is 24.3 Å². The molecule has 0 amide bonds. The molecule has 0 heterocycles. The van der Waals surface area contributed by atoms with Gasteiger partial charge in [-0.05, 0) is 0 Å². The highest BCUT2D eigenvalue weighted by Gasteiger charge is 2.10. The summed E-state index contributed by atoms with van der Waals surface area (Å²) in [7, 11) is 0. The van der Waals surface area contributed by atoms with E-state index in [0.717, 1.165) is 5.56 Å². The molecule has 0 atom stereocenters. The summed E-state index contributed by atoms with van der Waals surface area (Å²) >= 11 is 1.33. The number of rotatable bonds is 3. The Hall–Kier alpha value is -1.03. The van der Waals surface area contributed by atoms with E-state index in [1.54, 1.807) is 18.2 Å². The Labute approximate surface area is 74.9 Å². The van der Waals surface area contributed by atoms with Gasteiger partial charge in [-0.2, -0.15) is 11.8 Å². The Morgan fingerprint density at radius 1 is 1.50 bits per heavy atom. The summed E-state index contributed by atoms with van der Waals surface area (Å²) in [6.07, 6.45) is 3.58. The Bertz CT molecular complexity index is 288. The highest BCUT2D eigenvalue weighted by molar-refractivity contribution is 7.99. The third-order valence-electron chi connectivity index (χ3n) is 1.45. The summed E-state index contributed by atoms with van der Waals surface area (Å²) in [5.74, 6) is 0.581. The molecule has 0 aromatic heterocycles. The highest BCUT2D eigenvalue weighted by Crippen LogP contribution is 2.21. The number of benzene rings is 1. The van der Waals surface area contributed by atoms with Crippen LogP contribution in [0.5, 0.6) is 0 Å². The lowest BCUT2D eigenvalue weighted by molar-refractivity contribution is -0.385. The van der Waals surface area contributed by atoms with Gasteiger partial charge in [0.1, 0.15) is 0 Å². The standard InChI is InChI=1S/C8H8NO2S/c1-12-6-7-4-2-3-5-8(7)9(10)11/h2-5H,1,6H2. The van der Waals surface area contributed by atoms with Gasteiger partial charge < -0.3 is 0 Å². The van der Waals surface area contributed by atoms with Crippen molar-refractivity contribution in [2.45, 2.75) is 5.75 Å². The Kier molecular flexibility index (Phi) is 3.10. The number of hydrogen-bond acceptors (Lipinski definition) is 3. The minimum absolute atomic E-state index is 0.175. The second-order valence-corrected chi connectivity index (χ2v) is 2.93. The smallest absolute Gasteiger partial charge is 0.258 e. The molecule has 0 aliphatic carbocycles. The molecular weight excluding hydrogens is 174 g/mol. The van der Waals surface area contributed by atoms with Gasteiger partial charge >= 0.3 is 0 Å². The van der Waals surface area contributed by atoms with Crippen molar-refractivity contribution in [2.24, 2.45) is 0 Å². The third kappa shape index (κ3) is 1.98. The maximum atomic E-state index is 10.5. The Balaban J connectivity index is 3.00. The van der Waals surface area contributed by atoms with Crippen molar-refractivity contribution >= 4 is 17.4 Å². The van der Waals surface area contributed by atoms with Crippen molar-refractivity contribution < 1.29 is 4.92 Å². The molecule has 63 valence electrons.